The van der Waals surface area contributed by atoms with Gasteiger partial charge in [-0.1, -0.05) is 146 Å². The van der Waals surface area contributed by atoms with Crippen molar-refractivity contribution >= 4 is 17.1 Å². The van der Waals surface area contributed by atoms with Crippen molar-refractivity contribution < 1.29 is 0 Å². The van der Waals surface area contributed by atoms with Gasteiger partial charge in [0, 0.05) is 33.3 Å². The van der Waals surface area contributed by atoms with Gasteiger partial charge in [0.1, 0.15) is 0 Å². The van der Waals surface area contributed by atoms with Gasteiger partial charge < -0.3 is 4.90 Å². The SMILES string of the molecule is CC1(C)CC(C)(c2ccc(N(c3ccc4c(c3)C(C)(C)c3ccccc3-4)c3ccc4c(c3)C(C)(C)c3ccccc3-4)cc2)c2ccccc21. The lowest BCUT2D eigenvalue weighted by Crippen LogP contribution is -2.23. The van der Waals surface area contributed by atoms with Gasteiger partial charge in [0.15, 0.2) is 0 Å². The Labute approximate surface area is 292 Å². The van der Waals surface area contributed by atoms with E-state index in [1.807, 2.05) is 0 Å². The van der Waals surface area contributed by atoms with Gasteiger partial charge in [-0.15, -0.1) is 0 Å². The number of benzene rings is 6. The number of fused-ring (bicyclic) bond motifs is 7. The number of nitrogens with zero attached hydrogens (tertiary/aromatic N) is 1. The molecule has 0 radical (unpaired) electrons. The molecule has 0 saturated carbocycles. The minimum absolute atomic E-state index is 0.0316. The van der Waals surface area contributed by atoms with Crippen LogP contribution in [-0.4, -0.2) is 0 Å². The standard InChI is InChI=1S/C48H45N/c1-45(2)30-48(7,42-19-13-12-18-41(42)45)31-20-22-32(23-21-31)49(33-24-26-37-35-14-8-10-16-39(35)46(3,4)43(37)28-33)34-25-27-38-36-15-9-11-17-40(36)47(5,6)44(38)29-34/h8-29H,30H2,1-7H3. The maximum absolute atomic E-state index is 2.48. The normalized spacial score (nSPS) is 19.8. The second-order valence-electron chi connectivity index (χ2n) is 16.6. The monoisotopic (exact) mass is 635 g/mol. The van der Waals surface area contributed by atoms with E-state index in [0.717, 1.165) is 6.42 Å². The molecule has 3 aliphatic carbocycles. The fourth-order valence-electron chi connectivity index (χ4n) is 9.97. The molecule has 9 rings (SSSR count). The lowest BCUT2D eigenvalue weighted by Gasteiger charge is -2.31. The summed E-state index contributed by atoms with van der Waals surface area (Å²) in [5.74, 6) is 0. The summed E-state index contributed by atoms with van der Waals surface area (Å²) in [6.45, 7) is 16.7. The highest BCUT2D eigenvalue weighted by Crippen LogP contribution is 2.55. The van der Waals surface area contributed by atoms with Crippen molar-refractivity contribution in [2.75, 3.05) is 4.90 Å². The molecule has 0 N–H and O–H groups in total. The lowest BCUT2D eigenvalue weighted by atomic mass is 9.75. The van der Waals surface area contributed by atoms with Gasteiger partial charge in [-0.25, -0.2) is 0 Å². The molecule has 1 atom stereocenters. The van der Waals surface area contributed by atoms with Crippen LogP contribution in [0.25, 0.3) is 22.3 Å². The second kappa shape index (κ2) is 10.1. The van der Waals surface area contributed by atoms with Crippen LogP contribution in [-0.2, 0) is 21.7 Å². The molecule has 0 heterocycles. The average molecular weight is 636 g/mol. The first-order chi connectivity index (χ1) is 23.4. The van der Waals surface area contributed by atoms with E-state index >= 15 is 0 Å². The third kappa shape index (κ3) is 4.18. The third-order valence-electron chi connectivity index (χ3n) is 12.5. The zero-order valence-electron chi connectivity index (χ0n) is 29.9. The molecule has 6 aromatic carbocycles. The molecule has 242 valence electrons. The molecule has 0 aliphatic heterocycles. The van der Waals surface area contributed by atoms with Crippen LogP contribution in [0.1, 0.15) is 93.8 Å². The highest BCUT2D eigenvalue weighted by atomic mass is 15.1. The zero-order valence-corrected chi connectivity index (χ0v) is 29.9. The first-order valence-corrected chi connectivity index (χ1v) is 17.9. The topological polar surface area (TPSA) is 3.24 Å². The zero-order chi connectivity index (χ0) is 33.9. The van der Waals surface area contributed by atoms with Gasteiger partial charge in [0.25, 0.3) is 0 Å². The van der Waals surface area contributed by atoms with Crippen molar-refractivity contribution in [1.29, 1.82) is 0 Å². The Kier molecular flexibility index (Phi) is 6.21. The summed E-state index contributed by atoms with van der Waals surface area (Å²) in [4.78, 5) is 2.48. The second-order valence-corrected chi connectivity index (χ2v) is 16.6. The van der Waals surface area contributed by atoms with Gasteiger partial charge in [-0.2, -0.15) is 0 Å². The Morgan fingerprint density at radius 2 is 0.796 bits per heavy atom. The number of rotatable bonds is 4. The van der Waals surface area contributed by atoms with Crippen LogP contribution in [0.4, 0.5) is 17.1 Å². The predicted molar refractivity (Wildman–Crippen MR) is 207 cm³/mol. The summed E-state index contributed by atoms with van der Waals surface area (Å²) in [5, 5.41) is 0. The first kappa shape index (κ1) is 30.2. The molecule has 0 fully saturated rings. The summed E-state index contributed by atoms with van der Waals surface area (Å²) < 4.78 is 0. The van der Waals surface area contributed by atoms with Crippen molar-refractivity contribution in [3.8, 4) is 22.3 Å². The summed E-state index contributed by atoms with van der Waals surface area (Å²) >= 11 is 0. The molecule has 0 amide bonds. The minimum atomic E-state index is -0.0731. The van der Waals surface area contributed by atoms with E-state index in [-0.39, 0.29) is 21.7 Å². The molecule has 1 unspecified atom stereocenters. The summed E-state index contributed by atoms with van der Waals surface area (Å²) in [6.07, 6.45) is 1.10. The van der Waals surface area contributed by atoms with E-state index in [4.69, 9.17) is 0 Å². The summed E-state index contributed by atoms with van der Waals surface area (Å²) in [6, 6.07) is 50.7. The Balaban J connectivity index is 1.20. The average Bonchev–Trinajstić information content (AvgIpc) is 3.58. The molecule has 0 bridgehead atoms. The van der Waals surface area contributed by atoms with Gasteiger partial charge in [0.05, 0.1) is 0 Å². The third-order valence-corrected chi connectivity index (χ3v) is 12.5. The largest absolute Gasteiger partial charge is 0.310 e. The van der Waals surface area contributed by atoms with Crippen LogP contribution < -0.4 is 4.90 Å². The van der Waals surface area contributed by atoms with E-state index in [1.54, 1.807) is 0 Å². The fourth-order valence-corrected chi connectivity index (χ4v) is 9.97. The van der Waals surface area contributed by atoms with E-state index < -0.39 is 0 Å². The van der Waals surface area contributed by atoms with Crippen LogP contribution in [0.2, 0.25) is 0 Å². The minimum Gasteiger partial charge on any atom is -0.310 e. The van der Waals surface area contributed by atoms with Gasteiger partial charge >= 0.3 is 0 Å². The molecule has 49 heavy (non-hydrogen) atoms. The van der Waals surface area contributed by atoms with E-state index in [9.17, 15) is 0 Å². The molecule has 6 aromatic rings. The van der Waals surface area contributed by atoms with Crippen LogP contribution in [0.5, 0.6) is 0 Å². The molecule has 3 aliphatic rings. The molecule has 1 nitrogen and oxygen atoms in total. The summed E-state index contributed by atoms with van der Waals surface area (Å²) in [5.41, 5.74) is 18.8. The molecule has 1 heteroatoms. The van der Waals surface area contributed by atoms with Crippen molar-refractivity contribution in [2.45, 2.75) is 76.5 Å². The van der Waals surface area contributed by atoms with Gasteiger partial charge in [-0.05, 0) is 109 Å². The van der Waals surface area contributed by atoms with Gasteiger partial charge in [-0.3, -0.25) is 0 Å². The maximum atomic E-state index is 2.48. The Morgan fingerprint density at radius 1 is 0.388 bits per heavy atom. The number of hydrogen-bond acceptors (Lipinski definition) is 1. The van der Waals surface area contributed by atoms with E-state index in [2.05, 4.69) is 187 Å². The van der Waals surface area contributed by atoms with Crippen LogP contribution in [0.3, 0.4) is 0 Å². The highest BCUT2D eigenvalue weighted by molar-refractivity contribution is 5.88. The van der Waals surface area contributed by atoms with Crippen molar-refractivity contribution in [2.24, 2.45) is 0 Å². The van der Waals surface area contributed by atoms with E-state index in [0.29, 0.717) is 0 Å². The van der Waals surface area contributed by atoms with E-state index in [1.165, 1.54) is 78.3 Å². The Morgan fingerprint density at radius 3 is 1.31 bits per heavy atom. The molecular formula is C48H45N. The number of anilines is 3. The first-order valence-electron chi connectivity index (χ1n) is 17.9. The van der Waals surface area contributed by atoms with Crippen LogP contribution in [0.15, 0.2) is 133 Å². The number of hydrogen-bond donors (Lipinski definition) is 0. The van der Waals surface area contributed by atoms with Gasteiger partial charge in [0.2, 0.25) is 0 Å². The molecular weight excluding hydrogens is 591 g/mol. The summed E-state index contributed by atoms with van der Waals surface area (Å²) in [7, 11) is 0. The smallest absolute Gasteiger partial charge is 0.0465 e. The lowest BCUT2D eigenvalue weighted by molar-refractivity contribution is 0.425. The molecule has 0 aromatic heterocycles. The molecule has 0 spiro atoms. The highest BCUT2D eigenvalue weighted by Gasteiger charge is 2.45. The Bertz CT molecular complexity index is 2190. The Hall–Kier alpha value is -4.88. The maximum Gasteiger partial charge on any atom is 0.0465 e. The van der Waals surface area contributed by atoms with Crippen molar-refractivity contribution in [3.63, 3.8) is 0 Å². The van der Waals surface area contributed by atoms with Crippen molar-refractivity contribution in [1.82, 2.24) is 0 Å². The molecule has 0 saturated heterocycles. The predicted octanol–water partition coefficient (Wildman–Crippen LogP) is 12.8. The van der Waals surface area contributed by atoms with Crippen molar-refractivity contribution in [3.05, 3.63) is 172 Å². The van der Waals surface area contributed by atoms with Crippen LogP contribution in [0, 0.1) is 0 Å². The quantitative estimate of drug-likeness (QED) is 0.186. The fraction of sp³-hybridized carbons (Fsp3) is 0.250. The van der Waals surface area contributed by atoms with Crippen LogP contribution >= 0.6 is 0 Å².